The first-order valence-corrected chi connectivity index (χ1v) is 8.31. The minimum absolute atomic E-state index is 0. The molecule has 1 heterocycles. The summed E-state index contributed by atoms with van der Waals surface area (Å²) in [4.78, 5) is 23.7. The number of nitrogens with one attached hydrogen (secondary N) is 1. The Morgan fingerprint density at radius 1 is 1.22 bits per heavy atom. The van der Waals surface area contributed by atoms with Gasteiger partial charge in [-0.3, -0.25) is 4.79 Å². The number of carbonyl (C=O) groups is 2. The molecule has 1 saturated heterocycles. The average molecular weight is 395 g/mol. The summed E-state index contributed by atoms with van der Waals surface area (Å²) in [6.07, 6.45) is 1.14. The van der Waals surface area contributed by atoms with Gasteiger partial charge in [0.25, 0.3) is 5.91 Å². The van der Waals surface area contributed by atoms with E-state index in [-0.39, 0.29) is 24.6 Å². The van der Waals surface area contributed by atoms with E-state index >= 15 is 0 Å². The molecule has 0 aromatic heterocycles. The topological polar surface area (TPSA) is 90.7 Å². The number of esters is 1. The number of ether oxygens (including phenoxy) is 2. The van der Waals surface area contributed by atoms with Gasteiger partial charge in [-0.25, -0.2) is 9.18 Å². The van der Waals surface area contributed by atoms with Gasteiger partial charge in [0.15, 0.2) is 0 Å². The SMILES string of the molecule is Cl.NCCc1ccc(Oc2ccc(F)c(C(=O)NC3CCOC3=O)c2)cc1. The molecule has 0 spiro atoms. The Morgan fingerprint density at radius 2 is 1.93 bits per heavy atom. The van der Waals surface area contributed by atoms with Crippen molar-refractivity contribution in [3.63, 3.8) is 0 Å². The van der Waals surface area contributed by atoms with Crippen LogP contribution in [0.5, 0.6) is 11.5 Å². The molecule has 1 fully saturated rings. The molecule has 1 aliphatic heterocycles. The lowest BCUT2D eigenvalue weighted by Crippen LogP contribution is -2.38. The van der Waals surface area contributed by atoms with E-state index in [9.17, 15) is 14.0 Å². The van der Waals surface area contributed by atoms with Gasteiger partial charge in [-0.05, 0) is 48.9 Å². The summed E-state index contributed by atoms with van der Waals surface area (Å²) in [6, 6.07) is 10.5. The van der Waals surface area contributed by atoms with Crippen molar-refractivity contribution in [1.29, 1.82) is 0 Å². The second-order valence-electron chi connectivity index (χ2n) is 5.91. The standard InChI is InChI=1S/C19H19FN2O4.ClH/c20-16-6-5-14(26-13-3-1-12(2-4-13)7-9-21)11-15(16)18(23)22-17-8-10-25-19(17)24;/h1-6,11,17H,7-10,21H2,(H,22,23);1H. The highest BCUT2D eigenvalue weighted by Gasteiger charge is 2.29. The van der Waals surface area contributed by atoms with Crippen LogP contribution in [-0.2, 0) is 16.0 Å². The van der Waals surface area contributed by atoms with Crippen LogP contribution in [0, 0.1) is 5.82 Å². The highest BCUT2D eigenvalue weighted by Crippen LogP contribution is 2.24. The van der Waals surface area contributed by atoms with E-state index in [0.29, 0.717) is 24.5 Å². The third-order valence-electron chi connectivity index (χ3n) is 4.02. The number of nitrogens with two attached hydrogens (primary N) is 1. The predicted octanol–water partition coefficient (Wildman–Crippen LogP) is 2.59. The smallest absolute Gasteiger partial charge is 0.328 e. The fraction of sp³-hybridized carbons (Fsp3) is 0.263. The molecule has 1 unspecified atom stereocenters. The van der Waals surface area contributed by atoms with Crippen molar-refractivity contribution in [2.24, 2.45) is 5.73 Å². The molecule has 1 aliphatic rings. The molecule has 0 saturated carbocycles. The number of halogens is 2. The summed E-state index contributed by atoms with van der Waals surface area (Å²) >= 11 is 0. The van der Waals surface area contributed by atoms with Crippen molar-refractivity contribution in [1.82, 2.24) is 5.32 Å². The fourth-order valence-electron chi connectivity index (χ4n) is 2.63. The Hall–Kier alpha value is -2.64. The van der Waals surface area contributed by atoms with Crippen LogP contribution in [0.3, 0.4) is 0 Å². The lowest BCUT2D eigenvalue weighted by Gasteiger charge is -2.11. The Bertz CT molecular complexity index is 814. The average Bonchev–Trinajstić information content (AvgIpc) is 3.03. The number of amides is 1. The van der Waals surface area contributed by atoms with Crippen LogP contribution in [0.15, 0.2) is 42.5 Å². The summed E-state index contributed by atoms with van der Waals surface area (Å²) in [6.45, 7) is 0.806. The minimum Gasteiger partial charge on any atom is -0.464 e. The summed E-state index contributed by atoms with van der Waals surface area (Å²) in [5, 5.41) is 2.48. The van der Waals surface area contributed by atoms with E-state index in [1.807, 2.05) is 12.1 Å². The Morgan fingerprint density at radius 3 is 2.56 bits per heavy atom. The first-order chi connectivity index (χ1) is 12.6. The van der Waals surface area contributed by atoms with Gasteiger partial charge in [-0.1, -0.05) is 12.1 Å². The van der Waals surface area contributed by atoms with Crippen molar-refractivity contribution in [3.8, 4) is 11.5 Å². The maximum atomic E-state index is 14.0. The lowest BCUT2D eigenvalue weighted by molar-refractivity contribution is -0.139. The van der Waals surface area contributed by atoms with Crippen molar-refractivity contribution in [2.75, 3.05) is 13.2 Å². The van der Waals surface area contributed by atoms with Crippen molar-refractivity contribution in [2.45, 2.75) is 18.9 Å². The molecule has 3 rings (SSSR count). The van der Waals surface area contributed by atoms with Crippen LogP contribution in [0.1, 0.15) is 22.3 Å². The van der Waals surface area contributed by atoms with Crippen LogP contribution in [0.4, 0.5) is 4.39 Å². The third-order valence-corrected chi connectivity index (χ3v) is 4.02. The van der Waals surface area contributed by atoms with Crippen LogP contribution in [-0.4, -0.2) is 31.1 Å². The highest BCUT2D eigenvalue weighted by molar-refractivity contribution is 5.97. The van der Waals surface area contributed by atoms with Crippen LogP contribution >= 0.6 is 12.4 Å². The second kappa shape index (κ2) is 9.34. The zero-order valence-corrected chi connectivity index (χ0v) is 15.3. The molecule has 1 amide bonds. The number of carbonyl (C=O) groups excluding carboxylic acids is 2. The molecule has 1 atom stereocenters. The second-order valence-corrected chi connectivity index (χ2v) is 5.91. The van der Waals surface area contributed by atoms with E-state index in [2.05, 4.69) is 5.32 Å². The molecule has 3 N–H and O–H groups in total. The zero-order valence-electron chi connectivity index (χ0n) is 14.4. The molecule has 2 aromatic carbocycles. The first-order valence-electron chi connectivity index (χ1n) is 8.31. The molecular formula is C19H20ClFN2O4. The van der Waals surface area contributed by atoms with Gasteiger partial charge in [0.2, 0.25) is 0 Å². The quantitative estimate of drug-likeness (QED) is 0.735. The molecule has 6 nitrogen and oxygen atoms in total. The van der Waals surface area contributed by atoms with Crippen LogP contribution < -0.4 is 15.8 Å². The van der Waals surface area contributed by atoms with Gasteiger partial charge in [0, 0.05) is 6.42 Å². The van der Waals surface area contributed by atoms with Gasteiger partial charge < -0.3 is 20.5 Å². The Kier molecular flexibility index (Phi) is 7.15. The summed E-state index contributed by atoms with van der Waals surface area (Å²) in [5.74, 6) is -1.02. The van der Waals surface area contributed by atoms with Crippen LogP contribution in [0.25, 0.3) is 0 Å². The number of cyclic esters (lactones) is 1. The molecule has 0 bridgehead atoms. The van der Waals surface area contributed by atoms with Gasteiger partial charge in [-0.2, -0.15) is 0 Å². The summed E-state index contributed by atoms with van der Waals surface area (Å²) in [5.41, 5.74) is 6.41. The van der Waals surface area contributed by atoms with Gasteiger partial charge >= 0.3 is 5.97 Å². The number of hydrogen-bond acceptors (Lipinski definition) is 5. The molecule has 0 aliphatic carbocycles. The molecule has 0 radical (unpaired) electrons. The number of rotatable bonds is 6. The molecule has 8 heteroatoms. The van der Waals surface area contributed by atoms with E-state index in [1.165, 1.54) is 12.1 Å². The van der Waals surface area contributed by atoms with Gasteiger partial charge in [0.05, 0.1) is 12.2 Å². The lowest BCUT2D eigenvalue weighted by atomic mass is 10.1. The monoisotopic (exact) mass is 394 g/mol. The molecule has 2 aromatic rings. The van der Waals surface area contributed by atoms with E-state index in [1.54, 1.807) is 12.1 Å². The van der Waals surface area contributed by atoms with Crippen LogP contribution in [0.2, 0.25) is 0 Å². The fourth-order valence-corrected chi connectivity index (χ4v) is 2.63. The van der Waals surface area contributed by atoms with E-state index < -0.39 is 23.7 Å². The molecular weight excluding hydrogens is 375 g/mol. The maximum absolute atomic E-state index is 14.0. The third kappa shape index (κ3) is 5.18. The Labute approximate surface area is 162 Å². The van der Waals surface area contributed by atoms with Crippen molar-refractivity contribution >= 4 is 24.3 Å². The van der Waals surface area contributed by atoms with Crippen molar-refractivity contribution in [3.05, 3.63) is 59.4 Å². The maximum Gasteiger partial charge on any atom is 0.328 e. The minimum atomic E-state index is -0.749. The van der Waals surface area contributed by atoms with Crippen molar-refractivity contribution < 1.29 is 23.5 Å². The number of hydrogen-bond donors (Lipinski definition) is 2. The van der Waals surface area contributed by atoms with E-state index in [0.717, 1.165) is 18.1 Å². The predicted molar refractivity (Wildman–Crippen MR) is 99.8 cm³/mol. The first kappa shape index (κ1) is 20.7. The zero-order chi connectivity index (χ0) is 18.5. The summed E-state index contributed by atoms with van der Waals surface area (Å²) in [7, 11) is 0. The van der Waals surface area contributed by atoms with Gasteiger partial charge in [0.1, 0.15) is 23.4 Å². The summed E-state index contributed by atoms with van der Waals surface area (Å²) < 4.78 is 24.5. The molecule has 27 heavy (non-hydrogen) atoms. The van der Waals surface area contributed by atoms with E-state index in [4.69, 9.17) is 15.2 Å². The highest BCUT2D eigenvalue weighted by atomic mass is 35.5. The Balaban J connectivity index is 0.00000261. The normalized spacial score (nSPS) is 15.6. The largest absolute Gasteiger partial charge is 0.464 e. The molecule has 144 valence electrons. The number of benzene rings is 2. The van der Waals surface area contributed by atoms with Gasteiger partial charge in [-0.15, -0.1) is 12.4 Å².